The Morgan fingerprint density at radius 1 is 0.524 bits per heavy atom. The number of alkyl halides is 1. The van der Waals surface area contributed by atoms with Gasteiger partial charge in [0.1, 0.15) is 0 Å². The molecular weight excluding hydrogens is 367 g/mol. The summed E-state index contributed by atoms with van der Waals surface area (Å²) in [6, 6.07) is 0. The summed E-state index contributed by atoms with van der Waals surface area (Å²) in [4.78, 5) is 0. The van der Waals surface area contributed by atoms with Crippen LogP contribution in [0.25, 0.3) is 0 Å². The fraction of sp³-hybridized carbons (Fsp3) is 1.00. The second kappa shape index (κ2) is 15.6. The molecule has 0 N–H and O–H groups in total. The van der Waals surface area contributed by atoms with Crippen LogP contribution in [0.1, 0.15) is 124 Å². The first kappa shape index (κ1) is 21.7. The van der Waals surface area contributed by atoms with Crippen LogP contribution < -0.4 is 0 Å². The highest BCUT2D eigenvalue weighted by molar-refractivity contribution is 14.1. The van der Waals surface area contributed by atoms with Crippen LogP contribution in [0, 0.1) is 0 Å². The monoisotopic (exact) mass is 408 g/mol. The number of unbranched alkanes of at least 4 members (excludes halogenated alkanes) is 14. The van der Waals surface area contributed by atoms with Gasteiger partial charge in [0.15, 0.2) is 0 Å². The Morgan fingerprint density at radius 3 is 1.10 bits per heavy atom. The fourth-order valence-electron chi connectivity index (χ4n) is 2.92. The van der Waals surface area contributed by atoms with Crippen molar-refractivity contribution < 1.29 is 0 Å². The molecule has 0 spiro atoms. The lowest BCUT2D eigenvalue weighted by molar-refractivity contribution is 0.521. The van der Waals surface area contributed by atoms with E-state index in [9.17, 15) is 0 Å². The molecular formula is C20H41I. The van der Waals surface area contributed by atoms with E-state index in [0.717, 1.165) is 0 Å². The first-order chi connectivity index (χ1) is 10.1. The van der Waals surface area contributed by atoms with Gasteiger partial charge < -0.3 is 0 Å². The van der Waals surface area contributed by atoms with Crippen LogP contribution in [-0.4, -0.2) is 3.42 Å². The van der Waals surface area contributed by atoms with Crippen LogP contribution in [-0.2, 0) is 0 Å². The predicted octanol–water partition coefficient (Wildman–Crippen LogP) is 8.46. The van der Waals surface area contributed by atoms with Gasteiger partial charge in [0.25, 0.3) is 0 Å². The summed E-state index contributed by atoms with van der Waals surface area (Å²) < 4.78 is 0.508. The van der Waals surface area contributed by atoms with Crippen molar-refractivity contribution in [1.82, 2.24) is 0 Å². The van der Waals surface area contributed by atoms with Crippen molar-refractivity contribution in [1.29, 1.82) is 0 Å². The lowest BCUT2D eigenvalue weighted by Crippen LogP contribution is -2.07. The molecule has 0 fully saturated rings. The van der Waals surface area contributed by atoms with Gasteiger partial charge in [-0.3, -0.25) is 0 Å². The smallest absolute Gasteiger partial charge is 0.0166 e. The Hall–Kier alpha value is 0.730. The lowest BCUT2D eigenvalue weighted by atomic mass is 10.0. The third-order valence-electron chi connectivity index (χ3n) is 4.37. The quantitative estimate of drug-likeness (QED) is 0.136. The van der Waals surface area contributed by atoms with Gasteiger partial charge in [0.05, 0.1) is 0 Å². The molecule has 0 aliphatic carbocycles. The molecule has 0 saturated heterocycles. The minimum atomic E-state index is 0.508. The molecule has 1 heteroatoms. The van der Waals surface area contributed by atoms with Gasteiger partial charge in [-0.15, -0.1) is 0 Å². The molecule has 0 aromatic carbocycles. The number of halogens is 1. The van der Waals surface area contributed by atoms with Gasteiger partial charge in [-0.05, 0) is 6.42 Å². The highest BCUT2D eigenvalue weighted by atomic mass is 127. The van der Waals surface area contributed by atoms with Gasteiger partial charge in [-0.25, -0.2) is 0 Å². The van der Waals surface area contributed by atoms with Crippen LogP contribution in [0.2, 0.25) is 0 Å². The van der Waals surface area contributed by atoms with Crippen molar-refractivity contribution in [2.45, 2.75) is 127 Å². The molecule has 0 amide bonds. The molecule has 0 aromatic rings. The first-order valence-corrected chi connectivity index (χ1v) is 10.8. The highest BCUT2D eigenvalue weighted by Gasteiger charge is 2.10. The van der Waals surface area contributed by atoms with E-state index in [2.05, 4.69) is 43.4 Å². The number of hydrogen-bond donors (Lipinski definition) is 0. The molecule has 0 unspecified atom stereocenters. The van der Waals surface area contributed by atoms with E-state index in [-0.39, 0.29) is 0 Å². The minimum absolute atomic E-state index is 0.508. The molecule has 0 bridgehead atoms. The average molecular weight is 408 g/mol. The topological polar surface area (TPSA) is 0 Å². The van der Waals surface area contributed by atoms with Crippen LogP contribution in [0.4, 0.5) is 0 Å². The van der Waals surface area contributed by atoms with Gasteiger partial charge in [-0.2, -0.15) is 0 Å². The normalized spacial score (nSPS) is 12.0. The molecule has 0 radical (unpaired) electrons. The molecule has 0 aromatic heterocycles. The van der Waals surface area contributed by atoms with E-state index in [0.29, 0.717) is 3.42 Å². The van der Waals surface area contributed by atoms with E-state index in [1.807, 2.05) is 0 Å². The summed E-state index contributed by atoms with van der Waals surface area (Å²) in [5, 5.41) is 0. The molecule has 0 saturated carbocycles. The van der Waals surface area contributed by atoms with Gasteiger partial charge in [-0.1, -0.05) is 140 Å². The van der Waals surface area contributed by atoms with Crippen molar-refractivity contribution in [3.05, 3.63) is 0 Å². The van der Waals surface area contributed by atoms with Crippen LogP contribution in [0.5, 0.6) is 0 Å². The van der Waals surface area contributed by atoms with E-state index < -0.39 is 0 Å². The zero-order valence-electron chi connectivity index (χ0n) is 15.2. The Balaban J connectivity index is 3.00. The summed E-state index contributed by atoms with van der Waals surface area (Å²) in [5.41, 5.74) is 0. The summed E-state index contributed by atoms with van der Waals surface area (Å²) in [6.07, 6.45) is 23.3. The Kier molecular flexibility index (Phi) is 16.2. The number of rotatable bonds is 16. The van der Waals surface area contributed by atoms with Gasteiger partial charge in [0, 0.05) is 3.42 Å². The maximum Gasteiger partial charge on any atom is 0.0166 e. The Morgan fingerprint density at radius 2 is 0.810 bits per heavy atom. The van der Waals surface area contributed by atoms with Crippen molar-refractivity contribution in [2.24, 2.45) is 0 Å². The second-order valence-electron chi connectivity index (χ2n) is 7.42. The van der Waals surface area contributed by atoms with E-state index >= 15 is 0 Å². The summed E-state index contributed by atoms with van der Waals surface area (Å²) in [5.74, 6) is 0. The first-order valence-electron chi connectivity index (χ1n) is 9.75. The summed E-state index contributed by atoms with van der Waals surface area (Å²) in [6.45, 7) is 6.99. The average Bonchev–Trinajstić information content (AvgIpc) is 2.42. The molecule has 0 aliphatic rings. The molecule has 0 atom stereocenters. The SMILES string of the molecule is CCCCCCCCCCCCCCCCCC(C)(C)I. The van der Waals surface area contributed by atoms with E-state index in [1.165, 1.54) is 103 Å². The summed E-state index contributed by atoms with van der Waals surface area (Å²) in [7, 11) is 0. The van der Waals surface area contributed by atoms with Crippen LogP contribution in [0.15, 0.2) is 0 Å². The van der Waals surface area contributed by atoms with E-state index in [4.69, 9.17) is 0 Å². The summed E-state index contributed by atoms with van der Waals surface area (Å²) >= 11 is 2.58. The third-order valence-corrected chi connectivity index (χ3v) is 4.91. The Bertz CT molecular complexity index is 193. The highest BCUT2D eigenvalue weighted by Crippen LogP contribution is 2.24. The van der Waals surface area contributed by atoms with Crippen LogP contribution >= 0.6 is 22.6 Å². The predicted molar refractivity (Wildman–Crippen MR) is 108 cm³/mol. The van der Waals surface area contributed by atoms with Crippen LogP contribution in [0.3, 0.4) is 0 Å². The standard InChI is InChI=1S/C20H41I/c1-4-5-6-7-8-9-10-11-12-13-14-15-16-17-18-19-20(2,3)21/h4-19H2,1-3H3. The second-order valence-corrected chi connectivity index (χ2v) is 10.3. The van der Waals surface area contributed by atoms with Gasteiger partial charge in [0.2, 0.25) is 0 Å². The zero-order chi connectivity index (χ0) is 15.8. The zero-order valence-corrected chi connectivity index (χ0v) is 17.3. The van der Waals surface area contributed by atoms with Crippen molar-refractivity contribution in [3.8, 4) is 0 Å². The molecule has 0 heterocycles. The Labute approximate surface area is 149 Å². The number of hydrogen-bond acceptors (Lipinski definition) is 0. The molecule has 0 aliphatic heterocycles. The van der Waals surface area contributed by atoms with Crippen molar-refractivity contribution in [3.63, 3.8) is 0 Å². The van der Waals surface area contributed by atoms with Gasteiger partial charge >= 0.3 is 0 Å². The minimum Gasteiger partial charge on any atom is -0.0795 e. The third kappa shape index (κ3) is 20.7. The van der Waals surface area contributed by atoms with Crippen molar-refractivity contribution >= 4 is 22.6 Å². The maximum atomic E-state index is 2.58. The molecule has 21 heavy (non-hydrogen) atoms. The van der Waals surface area contributed by atoms with Crippen molar-refractivity contribution in [2.75, 3.05) is 0 Å². The largest absolute Gasteiger partial charge is 0.0795 e. The maximum absolute atomic E-state index is 2.58. The fourth-order valence-corrected chi connectivity index (χ4v) is 3.30. The molecule has 0 rings (SSSR count). The lowest BCUT2D eigenvalue weighted by Gasteiger charge is -2.15. The van der Waals surface area contributed by atoms with E-state index in [1.54, 1.807) is 0 Å². The molecule has 128 valence electrons. The molecule has 0 nitrogen and oxygen atoms in total.